The fourth-order valence-electron chi connectivity index (χ4n) is 3.43. The molecule has 144 valence electrons. The number of aryl methyl sites for hydroxylation is 1. The number of ether oxygens (including phenoxy) is 1. The Kier molecular flexibility index (Phi) is 6.08. The molecule has 1 aromatic heterocycles. The lowest BCUT2D eigenvalue weighted by atomic mass is 10.0. The third kappa shape index (κ3) is 4.12. The van der Waals surface area contributed by atoms with E-state index in [9.17, 15) is 14.7 Å². The number of carboxylic acids is 1. The molecule has 0 saturated heterocycles. The first-order valence-corrected chi connectivity index (χ1v) is 9.34. The molecular formula is C21H25NO5. The molecule has 6 nitrogen and oxygen atoms in total. The van der Waals surface area contributed by atoms with Crippen LogP contribution in [0.1, 0.15) is 53.8 Å². The van der Waals surface area contributed by atoms with Crippen molar-refractivity contribution in [3.05, 3.63) is 51.3 Å². The summed E-state index contributed by atoms with van der Waals surface area (Å²) >= 11 is 0. The van der Waals surface area contributed by atoms with Gasteiger partial charge in [-0.2, -0.15) is 0 Å². The van der Waals surface area contributed by atoms with Gasteiger partial charge in [-0.1, -0.05) is 12.1 Å². The number of carboxylic acid groups (broad SMARTS) is 1. The standard InChI is InChI=1S/C21H25NO5/c1-2-4-18-19(21(25)26)20(24)16-13-14(5-3-11-27-12-10-23)6-9-17(16)22(18)15-7-8-15/h2,4,6,9,13,15,23H,3,5,7-8,10-12H2,1H3,(H,25,26). The molecular weight excluding hydrogens is 346 g/mol. The van der Waals surface area contributed by atoms with Gasteiger partial charge in [-0.15, -0.1) is 0 Å². The Hall–Kier alpha value is -2.44. The highest BCUT2D eigenvalue weighted by Gasteiger charge is 2.30. The van der Waals surface area contributed by atoms with E-state index in [1.807, 2.05) is 29.7 Å². The number of aliphatic hydroxyl groups excluding tert-OH is 1. The van der Waals surface area contributed by atoms with Crippen LogP contribution in [0.3, 0.4) is 0 Å². The number of pyridine rings is 1. The number of nitrogens with zero attached hydrogens (tertiary/aromatic N) is 1. The van der Waals surface area contributed by atoms with Crippen LogP contribution in [0.25, 0.3) is 17.0 Å². The number of fused-ring (bicyclic) bond motifs is 1. The Morgan fingerprint density at radius 3 is 2.74 bits per heavy atom. The zero-order chi connectivity index (χ0) is 19.4. The average molecular weight is 371 g/mol. The van der Waals surface area contributed by atoms with E-state index in [-0.39, 0.29) is 18.2 Å². The largest absolute Gasteiger partial charge is 0.477 e. The van der Waals surface area contributed by atoms with Gasteiger partial charge in [-0.25, -0.2) is 4.79 Å². The molecule has 0 aliphatic heterocycles. The van der Waals surface area contributed by atoms with Crippen molar-refractivity contribution >= 4 is 22.9 Å². The van der Waals surface area contributed by atoms with Crippen LogP contribution in [0.2, 0.25) is 0 Å². The van der Waals surface area contributed by atoms with Gasteiger partial charge >= 0.3 is 5.97 Å². The second-order valence-electron chi connectivity index (χ2n) is 6.79. The van der Waals surface area contributed by atoms with Gasteiger partial charge in [0.15, 0.2) is 0 Å². The van der Waals surface area contributed by atoms with Crippen LogP contribution in [0.4, 0.5) is 0 Å². The minimum absolute atomic E-state index is 0.00316. The smallest absolute Gasteiger partial charge is 0.341 e. The third-order valence-electron chi connectivity index (χ3n) is 4.75. The summed E-state index contributed by atoms with van der Waals surface area (Å²) in [6, 6.07) is 5.98. The van der Waals surface area contributed by atoms with E-state index in [1.54, 1.807) is 12.2 Å². The van der Waals surface area contributed by atoms with Crippen molar-refractivity contribution in [3.8, 4) is 0 Å². The van der Waals surface area contributed by atoms with Gasteiger partial charge in [-0.05, 0) is 56.4 Å². The molecule has 1 fully saturated rings. The second-order valence-corrected chi connectivity index (χ2v) is 6.79. The van der Waals surface area contributed by atoms with Crippen molar-refractivity contribution in [2.45, 2.75) is 38.6 Å². The molecule has 1 saturated carbocycles. The van der Waals surface area contributed by atoms with Crippen molar-refractivity contribution in [3.63, 3.8) is 0 Å². The van der Waals surface area contributed by atoms with Gasteiger partial charge < -0.3 is 19.5 Å². The topological polar surface area (TPSA) is 88.8 Å². The van der Waals surface area contributed by atoms with Crippen molar-refractivity contribution in [2.75, 3.05) is 19.8 Å². The number of benzene rings is 1. The Balaban J connectivity index is 2.05. The fraction of sp³-hybridized carbons (Fsp3) is 0.429. The number of allylic oxidation sites excluding steroid dienone is 1. The maximum absolute atomic E-state index is 12.9. The summed E-state index contributed by atoms with van der Waals surface area (Å²) in [5, 5.41) is 18.9. The van der Waals surface area contributed by atoms with Gasteiger partial charge in [-0.3, -0.25) is 4.79 Å². The lowest BCUT2D eigenvalue weighted by molar-refractivity contribution is 0.0694. The van der Waals surface area contributed by atoms with Crippen molar-refractivity contribution < 1.29 is 19.7 Å². The minimum Gasteiger partial charge on any atom is -0.477 e. The number of hydrogen-bond acceptors (Lipinski definition) is 4. The van der Waals surface area contributed by atoms with Crippen molar-refractivity contribution in [2.24, 2.45) is 0 Å². The first-order chi connectivity index (χ1) is 13.1. The SMILES string of the molecule is CC=Cc1c(C(=O)O)c(=O)c2cc(CCCOCCO)ccc2n1C1CC1. The van der Waals surface area contributed by atoms with E-state index in [0.717, 1.165) is 36.8 Å². The highest BCUT2D eigenvalue weighted by molar-refractivity contribution is 5.96. The van der Waals surface area contributed by atoms with Crippen LogP contribution >= 0.6 is 0 Å². The second kappa shape index (κ2) is 8.50. The molecule has 3 rings (SSSR count). The normalized spacial score (nSPS) is 14.3. The summed E-state index contributed by atoms with van der Waals surface area (Å²) in [6.45, 7) is 2.67. The van der Waals surface area contributed by atoms with E-state index < -0.39 is 11.4 Å². The lowest BCUT2D eigenvalue weighted by Gasteiger charge is -2.17. The van der Waals surface area contributed by atoms with Crippen LogP contribution in [0.15, 0.2) is 29.1 Å². The lowest BCUT2D eigenvalue weighted by Crippen LogP contribution is -2.22. The van der Waals surface area contributed by atoms with Crippen LogP contribution in [0.5, 0.6) is 0 Å². The Bertz CT molecular complexity index is 924. The van der Waals surface area contributed by atoms with E-state index in [0.29, 0.717) is 24.3 Å². The molecule has 0 unspecified atom stereocenters. The molecule has 1 aliphatic carbocycles. The van der Waals surface area contributed by atoms with E-state index >= 15 is 0 Å². The number of aromatic nitrogens is 1. The summed E-state index contributed by atoms with van der Waals surface area (Å²) in [6.07, 6.45) is 6.97. The molecule has 1 aromatic carbocycles. The number of hydrogen-bond donors (Lipinski definition) is 2. The minimum atomic E-state index is -1.19. The molecule has 1 heterocycles. The molecule has 6 heteroatoms. The number of aliphatic hydroxyl groups is 1. The van der Waals surface area contributed by atoms with E-state index in [1.165, 1.54) is 0 Å². The first-order valence-electron chi connectivity index (χ1n) is 9.34. The molecule has 27 heavy (non-hydrogen) atoms. The molecule has 0 bridgehead atoms. The van der Waals surface area contributed by atoms with Crippen LogP contribution in [0, 0.1) is 0 Å². The Labute approximate surface area is 157 Å². The monoisotopic (exact) mass is 371 g/mol. The first kappa shape index (κ1) is 19.3. The fourth-order valence-corrected chi connectivity index (χ4v) is 3.43. The summed E-state index contributed by atoms with van der Waals surface area (Å²) < 4.78 is 7.27. The molecule has 2 aromatic rings. The highest BCUT2D eigenvalue weighted by atomic mass is 16.5. The zero-order valence-electron chi connectivity index (χ0n) is 15.5. The van der Waals surface area contributed by atoms with E-state index in [4.69, 9.17) is 9.84 Å². The predicted molar refractivity (Wildman–Crippen MR) is 104 cm³/mol. The molecule has 0 spiro atoms. The van der Waals surface area contributed by atoms with Crippen LogP contribution < -0.4 is 5.43 Å². The van der Waals surface area contributed by atoms with Gasteiger partial charge in [0.25, 0.3) is 0 Å². The number of aromatic carboxylic acids is 1. The van der Waals surface area contributed by atoms with Crippen LogP contribution in [-0.2, 0) is 11.2 Å². The zero-order valence-corrected chi connectivity index (χ0v) is 15.5. The molecule has 0 radical (unpaired) electrons. The summed E-state index contributed by atoms with van der Waals surface area (Å²) in [5.41, 5.74) is 1.66. The van der Waals surface area contributed by atoms with Gasteiger partial charge in [0.05, 0.1) is 24.4 Å². The summed E-state index contributed by atoms with van der Waals surface area (Å²) in [5.74, 6) is -1.19. The average Bonchev–Trinajstić information content (AvgIpc) is 3.47. The maximum Gasteiger partial charge on any atom is 0.341 e. The molecule has 1 aliphatic rings. The highest BCUT2D eigenvalue weighted by Crippen LogP contribution is 2.39. The maximum atomic E-state index is 12.9. The predicted octanol–water partition coefficient (Wildman–Crippen LogP) is 3.01. The van der Waals surface area contributed by atoms with Crippen molar-refractivity contribution in [1.82, 2.24) is 4.57 Å². The number of carbonyl (C=O) groups is 1. The van der Waals surface area contributed by atoms with Crippen LogP contribution in [-0.4, -0.2) is 40.6 Å². The van der Waals surface area contributed by atoms with Gasteiger partial charge in [0.1, 0.15) is 5.56 Å². The molecule has 0 atom stereocenters. The molecule has 0 amide bonds. The third-order valence-corrected chi connectivity index (χ3v) is 4.75. The Morgan fingerprint density at radius 1 is 1.33 bits per heavy atom. The van der Waals surface area contributed by atoms with Gasteiger partial charge in [0.2, 0.25) is 5.43 Å². The van der Waals surface area contributed by atoms with E-state index in [2.05, 4.69) is 0 Å². The quantitative estimate of drug-likeness (QED) is 0.662. The summed E-state index contributed by atoms with van der Waals surface area (Å²) in [7, 11) is 0. The van der Waals surface area contributed by atoms with Crippen molar-refractivity contribution in [1.29, 1.82) is 0 Å². The molecule has 2 N–H and O–H groups in total. The van der Waals surface area contributed by atoms with Gasteiger partial charge in [0, 0.05) is 18.0 Å². The Morgan fingerprint density at radius 2 is 2.11 bits per heavy atom. The summed E-state index contributed by atoms with van der Waals surface area (Å²) in [4.78, 5) is 24.8. The number of rotatable bonds is 9.